The number of benzene rings is 2. The van der Waals surface area contributed by atoms with Crippen molar-refractivity contribution < 1.29 is 14.2 Å². The largest absolute Gasteiger partial charge is 0.457 e. The SMILES string of the molecule is OCc1cc(Oc2ccc(F)cc2)ccc1Br. The Kier molecular flexibility index (Phi) is 3.76. The third kappa shape index (κ3) is 3.05. The summed E-state index contributed by atoms with van der Waals surface area (Å²) in [4.78, 5) is 0. The first kappa shape index (κ1) is 12.1. The fourth-order valence-electron chi connectivity index (χ4n) is 1.37. The summed E-state index contributed by atoms with van der Waals surface area (Å²) >= 11 is 3.32. The van der Waals surface area contributed by atoms with E-state index < -0.39 is 0 Å². The van der Waals surface area contributed by atoms with Gasteiger partial charge in [0.05, 0.1) is 6.61 Å². The topological polar surface area (TPSA) is 29.5 Å². The van der Waals surface area contributed by atoms with Gasteiger partial charge in [-0.25, -0.2) is 4.39 Å². The Morgan fingerprint density at radius 1 is 1.06 bits per heavy atom. The van der Waals surface area contributed by atoms with Crippen molar-refractivity contribution in [3.63, 3.8) is 0 Å². The van der Waals surface area contributed by atoms with E-state index in [0.717, 1.165) is 10.0 Å². The molecule has 2 rings (SSSR count). The van der Waals surface area contributed by atoms with Gasteiger partial charge in [-0.15, -0.1) is 0 Å². The van der Waals surface area contributed by atoms with Crippen LogP contribution in [0.5, 0.6) is 11.5 Å². The summed E-state index contributed by atoms with van der Waals surface area (Å²) < 4.78 is 19.1. The van der Waals surface area contributed by atoms with Gasteiger partial charge in [0, 0.05) is 4.47 Å². The third-order valence-electron chi connectivity index (χ3n) is 2.24. The van der Waals surface area contributed by atoms with Crippen LogP contribution in [0.15, 0.2) is 46.9 Å². The maximum absolute atomic E-state index is 12.7. The van der Waals surface area contributed by atoms with E-state index in [0.29, 0.717) is 11.5 Å². The second-order valence-electron chi connectivity index (χ2n) is 3.47. The first-order valence-corrected chi connectivity index (χ1v) is 5.81. The van der Waals surface area contributed by atoms with Gasteiger partial charge >= 0.3 is 0 Å². The van der Waals surface area contributed by atoms with Crippen LogP contribution < -0.4 is 4.74 Å². The zero-order valence-corrected chi connectivity index (χ0v) is 10.4. The molecule has 0 amide bonds. The first-order chi connectivity index (χ1) is 8.19. The molecule has 0 saturated heterocycles. The Balaban J connectivity index is 2.21. The molecule has 0 saturated carbocycles. The number of ether oxygens (including phenoxy) is 1. The van der Waals surface area contributed by atoms with E-state index in [2.05, 4.69) is 15.9 Å². The fraction of sp³-hybridized carbons (Fsp3) is 0.0769. The smallest absolute Gasteiger partial charge is 0.127 e. The molecular formula is C13H10BrFO2. The molecule has 0 radical (unpaired) electrons. The van der Waals surface area contributed by atoms with Crippen molar-refractivity contribution in [3.8, 4) is 11.5 Å². The lowest BCUT2D eigenvalue weighted by Crippen LogP contribution is -1.89. The van der Waals surface area contributed by atoms with Crippen molar-refractivity contribution in [2.75, 3.05) is 0 Å². The van der Waals surface area contributed by atoms with Gasteiger partial charge < -0.3 is 9.84 Å². The van der Waals surface area contributed by atoms with Crippen LogP contribution in [0.2, 0.25) is 0 Å². The lowest BCUT2D eigenvalue weighted by atomic mass is 10.2. The molecule has 2 nitrogen and oxygen atoms in total. The highest BCUT2D eigenvalue weighted by molar-refractivity contribution is 9.10. The van der Waals surface area contributed by atoms with Crippen molar-refractivity contribution in [2.45, 2.75) is 6.61 Å². The number of hydrogen-bond donors (Lipinski definition) is 1. The predicted octanol–water partition coefficient (Wildman–Crippen LogP) is 3.87. The van der Waals surface area contributed by atoms with Gasteiger partial charge in [0.25, 0.3) is 0 Å². The molecule has 0 bridgehead atoms. The summed E-state index contributed by atoms with van der Waals surface area (Å²) in [6.07, 6.45) is 0. The van der Waals surface area contributed by atoms with E-state index in [1.54, 1.807) is 30.3 Å². The second-order valence-corrected chi connectivity index (χ2v) is 4.32. The Labute approximate surface area is 107 Å². The lowest BCUT2D eigenvalue weighted by molar-refractivity contribution is 0.280. The van der Waals surface area contributed by atoms with Crippen LogP contribution in [0.1, 0.15) is 5.56 Å². The number of aliphatic hydroxyl groups excluding tert-OH is 1. The molecule has 0 aliphatic rings. The first-order valence-electron chi connectivity index (χ1n) is 5.02. The Bertz CT molecular complexity index is 511. The van der Waals surface area contributed by atoms with E-state index >= 15 is 0 Å². The molecule has 17 heavy (non-hydrogen) atoms. The van der Waals surface area contributed by atoms with E-state index in [4.69, 9.17) is 9.84 Å². The van der Waals surface area contributed by atoms with Gasteiger partial charge in [0.2, 0.25) is 0 Å². The van der Waals surface area contributed by atoms with E-state index in [9.17, 15) is 4.39 Å². The maximum Gasteiger partial charge on any atom is 0.127 e. The summed E-state index contributed by atoms with van der Waals surface area (Å²) in [5.74, 6) is 0.852. The normalized spacial score (nSPS) is 10.3. The summed E-state index contributed by atoms with van der Waals surface area (Å²) in [6.45, 7) is -0.0683. The zero-order chi connectivity index (χ0) is 12.3. The standard InChI is InChI=1S/C13H10BrFO2/c14-13-6-5-12(7-9(13)8-16)17-11-3-1-10(15)2-4-11/h1-7,16H,8H2. The maximum atomic E-state index is 12.7. The molecule has 88 valence electrons. The molecule has 1 N–H and O–H groups in total. The Hall–Kier alpha value is -1.39. The van der Waals surface area contributed by atoms with Crippen molar-refractivity contribution in [3.05, 3.63) is 58.3 Å². The van der Waals surface area contributed by atoms with Crippen LogP contribution in [0.3, 0.4) is 0 Å². The van der Waals surface area contributed by atoms with Gasteiger partial charge in [-0.05, 0) is 48.0 Å². The molecule has 0 heterocycles. The lowest BCUT2D eigenvalue weighted by Gasteiger charge is -2.08. The summed E-state index contributed by atoms with van der Waals surface area (Å²) in [5.41, 5.74) is 0.740. The summed E-state index contributed by atoms with van der Waals surface area (Å²) in [7, 11) is 0. The molecule has 2 aromatic rings. The van der Waals surface area contributed by atoms with Gasteiger partial charge in [0.1, 0.15) is 17.3 Å². The minimum Gasteiger partial charge on any atom is -0.457 e. The third-order valence-corrected chi connectivity index (χ3v) is 3.01. The molecular weight excluding hydrogens is 287 g/mol. The quantitative estimate of drug-likeness (QED) is 0.931. The van der Waals surface area contributed by atoms with Crippen LogP contribution in [0, 0.1) is 5.82 Å². The Morgan fingerprint density at radius 2 is 1.71 bits per heavy atom. The number of halogens is 2. The molecule has 2 aromatic carbocycles. The minimum atomic E-state index is -0.302. The highest BCUT2D eigenvalue weighted by Gasteiger charge is 2.02. The van der Waals surface area contributed by atoms with Gasteiger partial charge in [-0.1, -0.05) is 15.9 Å². The van der Waals surface area contributed by atoms with E-state index in [1.165, 1.54) is 12.1 Å². The molecule has 4 heteroatoms. The molecule has 0 aliphatic heterocycles. The van der Waals surface area contributed by atoms with Crippen LogP contribution in [0.4, 0.5) is 4.39 Å². The molecule has 0 aliphatic carbocycles. The number of hydrogen-bond acceptors (Lipinski definition) is 2. The summed E-state index contributed by atoms with van der Waals surface area (Å²) in [5, 5.41) is 9.11. The average molecular weight is 297 g/mol. The van der Waals surface area contributed by atoms with Crippen LogP contribution in [0.25, 0.3) is 0 Å². The highest BCUT2D eigenvalue weighted by Crippen LogP contribution is 2.26. The van der Waals surface area contributed by atoms with Crippen molar-refractivity contribution in [1.29, 1.82) is 0 Å². The second kappa shape index (κ2) is 5.29. The highest BCUT2D eigenvalue weighted by atomic mass is 79.9. The van der Waals surface area contributed by atoms with Gasteiger partial charge in [-0.2, -0.15) is 0 Å². The number of rotatable bonds is 3. The zero-order valence-electron chi connectivity index (χ0n) is 8.86. The number of aliphatic hydroxyl groups is 1. The molecule has 0 spiro atoms. The van der Waals surface area contributed by atoms with Gasteiger partial charge in [0.15, 0.2) is 0 Å². The molecule has 0 unspecified atom stereocenters. The van der Waals surface area contributed by atoms with Crippen LogP contribution in [-0.4, -0.2) is 5.11 Å². The molecule has 0 aromatic heterocycles. The minimum absolute atomic E-state index is 0.0683. The molecule has 0 fully saturated rings. The van der Waals surface area contributed by atoms with E-state index in [1.807, 2.05) is 0 Å². The van der Waals surface area contributed by atoms with Crippen LogP contribution >= 0.6 is 15.9 Å². The predicted molar refractivity (Wildman–Crippen MR) is 66.5 cm³/mol. The fourth-order valence-corrected chi connectivity index (χ4v) is 1.75. The van der Waals surface area contributed by atoms with E-state index in [-0.39, 0.29) is 12.4 Å². The Morgan fingerprint density at radius 3 is 2.35 bits per heavy atom. The van der Waals surface area contributed by atoms with Gasteiger partial charge in [-0.3, -0.25) is 0 Å². The average Bonchev–Trinajstić information content (AvgIpc) is 2.34. The van der Waals surface area contributed by atoms with Crippen LogP contribution in [-0.2, 0) is 6.61 Å². The van der Waals surface area contributed by atoms with Crippen molar-refractivity contribution in [1.82, 2.24) is 0 Å². The molecule has 0 atom stereocenters. The summed E-state index contributed by atoms with van der Waals surface area (Å²) in [6, 6.07) is 11.1. The van der Waals surface area contributed by atoms with Crippen molar-refractivity contribution >= 4 is 15.9 Å². The monoisotopic (exact) mass is 296 g/mol. The van der Waals surface area contributed by atoms with Crippen molar-refractivity contribution in [2.24, 2.45) is 0 Å².